The number of piperidine rings is 1. The molecule has 1 saturated heterocycles. The number of benzene rings is 1. The molecule has 0 atom stereocenters. The SMILES string of the molecule is CC(=O)N1CCC(NC(=O)N2CC=C(c3ccccc3)C2)CC1. The van der Waals surface area contributed by atoms with Crippen LogP contribution in [-0.4, -0.2) is 54.0 Å². The maximum Gasteiger partial charge on any atom is 0.318 e. The van der Waals surface area contributed by atoms with Gasteiger partial charge in [0.1, 0.15) is 0 Å². The number of carbonyl (C=O) groups excluding carboxylic acids is 2. The maximum atomic E-state index is 12.4. The Hall–Kier alpha value is -2.30. The van der Waals surface area contributed by atoms with E-state index in [1.54, 1.807) is 6.92 Å². The van der Waals surface area contributed by atoms with E-state index in [-0.39, 0.29) is 18.0 Å². The van der Waals surface area contributed by atoms with Crippen LogP contribution in [-0.2, 0) is 4.79 Å². The molecule has 1 fully saturated rings. The average molecular weight is 313 g/mol. The van der Waals surface area contributed by atoms with Gasteiger partial charge in [-0.3, -0.25) is 4.79 Å². The van der Waals surface area contributed by atoms with E-state index in [1.165, 1.54) is 11.1 Å². The molecule has 0 unspecified atom stereocenters. The Morgan fingerprint density at radius 3 is 2.43 bits per heavy atom. The van der Waals surface area contributed by atoms with E-state index in [2.05, 4.69) is 23.5 Å². The molecule has 0 aromatic heterocycles. The second-order valence-electron chi connectivity index (χ2n) is 6.21. The Bertz CT molecular complexity index is 604. The molecule has 122 valence electrons. The molecule has 5 heteroatoms. The van der Waals surface area contributed by atoms with Crippen molar-refractivity contribution in [3.63, 3.8) is 0 Å². The summed E-state index contributed by atoms with van der Waals surface area (Å²) in [4.78, 5) is 27.4. The Morgan fingerprint density at radius 1 is 1.09 bits per heavy atom. The number of nitrogens with one attached hydrogen (secondary N) is 1. The van der Waals surface area contributed by atoms with Gasteiger partial charge >= 0.3 is 6.03 Å². The predicted octanol–water partition coefficient (Wildman–Crippen LogP) is 2.11. The van der Waals surface area contributed by atoms with Crippen LogP contribution in [0, 0.1) is 0 Å². The van der Waals surface area contributed by atoms with Gasteiger partial charge in [0.25, 0.3) is 0 Å². The highest BCUT2D eigenvalue weighted by Crippen LogP contribution is 2.21. The third-order valence-corrected chi connectivity index (χ3v) is 4.62. The number of amides is 3. The lowest BCUT2D eigenvalue weighted by atomic mass is 10.1. The lowest BCUT2D eigenvalue weighted by molar-refractivity contribution is -0.129. The first-order valence-electron chi connectivity index (χ1n) is 8.19. The smallest absolute Gasteiger partial charge is 0.318 e. The molecule has 2 aliphatic rings. The fourth-order valence-corrected chi connectivity index (χ4v) is 3.18. The largest absolute Gasteiger partial charge is 0.343 e. The Morgan fingerprint density at radius 2 is 1.78 bits per heavy atom. The quantitative estimate of drug-likeness (QED) is 0.909. The van der Waals surface area contributed by atoms with Gasteiger partial charge in [0.2, 0.25) is 5.91 Å². The summed E-state index contributed by atoms with van der Waals surface area (Å²) in [5, 5.41) is 3.11. The van der Waals surface area contributed by atoms with Gasteiger partial charge in [-0.05, 0) is 24.0 Å². The molecule has 3 rings (SSSR count). The van der Waals surface area contributed by atoms with Crippen LogP contribution in [0.15, 0.2) is 36.4 Å². The van der Waals surface area contributed by atoms with Gasteiger partial charge in [-0.15, -0.1) is 0 Å². The summed E-state index contributed by atoms with van der Waals surface area (Å²) in [5.41, 5.74) is 2.38. The normalized spacial score (nSPS) is 18.7. The Kier molecular flexibility index (Phi) is 4.65. The molecule has 0 saturated carbocycles. The summed E-state index contributed by atoms with van der Waals surface area (Å²) in [6.07, 6.45) is 3.78. The van der Waals surface area contributed by atoms with Crippen molar-refractivity contribution in [1.29, 1.82) is 0 Å². The van der Waals surface area contributed by atoms with Crippen molar-refractivity contribution in [1.82, 2.24) is 15.1 Å². The van der Waals surface area contributed by atoms with Gasteiger partial charge < -0.3 is 15.1 Å². The summed E-state index contributed by atoms with van der Waals surface area (Å²) in [6.45, 7) is 4.37. The molecule has 23 heavy (non-hydrogen) atoms. The number of urea groups is 1. The first-order valence-corrected chi connectivity index (χ1v) is 8.19. The van der Waals surface area contributed by atoms with Crippen molar-refractivity contribution in [3.8, 4) is 0 Å². The third kappa shape index (κ3) is 3.73. The molecule has 2 aliphatic heterocycles. The van der Waals surface area contributed by atoms with E-state index >= 15 is 0 Å². The van der Waals surface area contributed by atoms with E-state index in [0.29, 0.717) is 13.1 Å². The highest BCUT2D eigenvalue weighted by atomic mass is 16.2. The summed E-state index contributed by atoms with van der Waals surface area (Å²) in [5.74, 6) is 0.117. The standard InChI is InChI=1S/C18H23N3O2/c1-14(22)20-11-8-17(9-12-20)19-18(23)21-10-7-16(13-21)15-5-3-2-4-6-15/h2-7,17H,8-13H2,1H3,(H,19,23). The van der Waals surface area contributed by atoms with E-state index < -0.39 is 0 Å². The van der Waals surface area contributed by atoms with Crippen molar-refractivity contribution in [2.75, 3.05) is 26.2 Å². The topological polar surface area (TPSA) is 52.7 Å². The molecule has 1 N–H and O–H groups in total. The van der Waals surface area contributed by atoms with Crippen LogP contribution < -0.4 is 5.32 Å². The molecule has 3 amide bonds. The fourth-order valence-electron chi connectivity index (χ4n) is 3.18. The minimum atomic E-state index is -0.00606. The third-order valence-electron chi connectivity index (χ3n) is 4.62. The minimum Gasteiger partial charge on any atom is -0.343 e. The molecule has 0 bridgehead atoms. The number of rotatable bonds is 2. The van der Waals surface area contributed by atoms with Crippen LogP contribution in [0.5, 0.6) is 0 Å². The van der Waals surface area contributed by atoms with Gasteiger partial charge in [-0.2, -0.15) is 0 Å². The van der Waals surface area contributed by atoms with E-state index in [0.717, 1.165) is 25.9 Å². The van der Waals surface area contributed by atoms with Crippen LogP contribution in [0.4, 0.5) is 4.79 Å². The molecule has 0 aliphatic carbocycles. The molecule has 2 heterocycles. The number of carbonyl (C=O) groups is 2. The fraction of sp³-hybridized carbons (Fsp3) is 0.444. The summed E-state index contributed by atoms with van der Waals surface area (Å²) < 4.78 is 0. The second kappa shape index (κ2) is 6.86. The van der Waals surface area contributed by atoms with Crippen molar-refractivity contribution in [3.05, 3.63) is 42.0 Å². The lowest BCUT2D eigenvalue weighted by Gasteiger charge is -2.32. The van der Waals surface area contributed by atoms with Gasteiger partial charge in [0.05, 0.1) is 0 Å². The molecule has 1 aromatic carbocycles. The average Bonchev–Trinajstić information content (AvgIpc) is 3.06. The molecular formula is C18H23N3O2. The second-order valence-corrected chi connectivity index (χ2v) is 6.21. The number of nitrogens with zero attached hydrogens (tertiary/aromatic N) is 2. The maximum absolute atomic E-state index is 12.4. The van der Waals surface area contributed by atoms with Gasteiger partial charge in [0.15, 0.2) is 0 Å². The predicted molar refractivity (Wildman–Crippen MR) is 89.8 cm³/mol. The minimum absolute atomic E-state index is 0.00606. The lowest BCUT2D eigenvalue weighted by Crippen LogP contribution is -2.49. The van der Waals surface area contributed by atoms with E-state index in [1.807, 2.05) is 28.0 Å². The first-order chi connectivity index (χ1) is 11.1. The number of likely N-dealkylation sites (tertiary alicyclic amines) is 1. The van der Waals surface area contributed by atoms with E-state index in [4.69, 9.17) is 0 Å². The monoisotopic (exact) mass is 313 g/mol. The van der Waals surface area contributed by atoms with Crippen LogP contribution in [0.2, 0.25) is 0 Å². The Labute approximate surface area is 137 Å². The van der Waals surface area contributed by atoms with E-state index in [9.17, 15) is 9.59 Å². The number of hydrogen-bond donors (Lipinski definition) is 1. The van der Waals surface area contributed by atoms with Crippen molar-refractivity contribution >= 4 is 17.5 Å². The molecule has 1 aromatic rings. The summed E-state index contributed by atoms with van der Waals surface area (Å²) in [6, 6.07) is 10.3. The van der Waals surface area contributed by atoms with Crippen molar-refractivity contribution < 1.29 is 9.59 Å². The van der Waals surface area contributed by atoms with Gasteiger partial charge in [-0.25, -0.2) is 4.79 Å². The molecule has 5 nitrogen and oxygen atoms in total. The molecule has 0 radical (unpaired) electrons. The summed E-state index contributed by atoms with van der Waals surface area (Å²) in [7, 11) is 0. The van der Waals surface area contributed by atoms with Crippen LogP contribution >= 0.6 is 0 Å². The number of hydrogen-bond acceptors (Lipinski definition) is 2. The van der Waals surface area contributed by atoms with Crippen LogP contribution in [0.1, 0.15) is 25.3 Å². The van der Waals surface area contributed by atoms with Crippen molar-refractivity contribution in [2.45, 2.75) is 25.8 Å². The molecule has 0 spiro atoms. The molecular weight excluding hydrogens is 290 g/mol. The van der Waals surface area contributed by atoms with Crippen LogP contribution in [0.25, 0.3) is 5.57 Å². The summed E-state index contributed by atoms with van der Waals surface area (Å²) >= 11 is 0. The van der Waals surface area contributed by atoms with Crippen molar-refractivity contribution in [2.24, 2.45) is 0 Å². The zero-order valence-electron chi connectivity index (χ0n) is 13.5. The Balaban J connectivity index is 1.48. The zero-order valence-corrected chi connectivity index (χ0v) is 13.5. The highest BCUT2D eigenvalue weighted by Gasteiger charge is 2.25. The highest BCUT2D eigenvalue weighted by molar-refractivity contribution is 5.81. The zero-order chi connectivity index (χ0) is 16.2. The first kappa shape index (κ1) is 15.6. The van der Waals surface area contributed by atoms with Gasteiger partial charge in [0, 0.05) is 39.1 Å². The van der Waals surface area contributed by atoms with Crippen LogP contribution in [0.3, 0.4) is 0 Å². The van der Waals surface area contributed by atoms with Gasteiger partial charge in [-0.1, -0.05) is 36.4 Å².